The summed E-state index contributed by atoms with van der Waals surface area (Å²) in [4.78, 5) is 1.42. The Kier molecular flexibility index (Phi) is 4.12. The molecule has 2 aromatic rings. The Balaban J connectivity index is 2.28. The van der Waals surface area contributed by atoms with Crippen LogP contribution in [0.4, 0.5) is 19.1 Å². The quantitative estimate of drug-likeness (QED) is 0.880. The summed E-state index contributed by atoms with van der Waals surface area (Å²) < 4.78 is 38.8. The van der Waals surface area contributed by atoms with E-state index in [1.165, 1.54) is 4.90 Å². The minimum absolute atomic E-state index is 0.185. The molecule has 1 aromatic heterocycles. The van der Waals surface area contributed by atoms with Crippen LogP contribution in [0.5, 0.6) is 0 Å². The first-order valence-electron chi connectivity index (χ1n) is 5.89. The SMILES string of the molecule is CN(CCC(F)(F)F)c1n[nH]c(=S)n1-c1ccccc1. The zero-order chi connectivity index (χ0) is 14.8. The fourth-order valence-corrected chi connectivity index (χ4v) is 1.98. The molecule has 8 heteroatoms. The van der Waals surface area contributed by atoms with E-state index in [4.69, 9.17) is 12.2 Å². The van der Waals surface area contributed by atoms with E-state index >= 15 is 0 Å². The summed E-state index contributed by atoms with van der Waals surface area (Å²) in [5, 5.41) is 6.60. The second-order valence-electron chi connectivity index (χ2n) is 4.29. The van der Waals surface area contributed by atoms with Gasteiger partial charge in [-0.2, -0.15) is 13.2 Å². The van der Waals surface area contributed by atoms with Gasteiger partial charge in [-0.05, 0) is 24.4 Å². The van der Waals surface area contributed by atoms with Crippen molar-refractivity contribution in [1.82, 2.24) is 14.8 Å². The minimum atomic E-state index is -4.20. The standard InChI is InChI=1S/C12H13F3N4S/c1-18(8-7-12(13,14)15)10-16-17-11(20)19(10)9-5-3-2-4-6-9/h2-6H,7-8H2,1H3,(H,17,20). The molecule has 4 nitrogen and oxygen atoms in total. The fourth-order valence-electron chi connectivity index (χ4n) is 1.75. The van der Waals surface area contributed by atoms with Crippen LogP contribution in [0, 0.1) is 4.77 Å². The molecule has 0 saturated heterocycles. The molecule has 1 aromatic carbocycles. The van der Waals surface area contributed by atoms with E-state index in [0.717, 1.165) is 5.69 Å². The summed E-state index contributed by atoms with van der Waals surface area (Å²) in [6.07, 6.45) is -5.10. The van der Waals surface area contributed by atoms with Crippen molar-refractivity contribution >= 4 is 18.2 Å². The summed E-state index contributed by atoms with van der Waals surface area (Å²) in [6.45, 7) is -0.185. The van der Waals surface area contributed by atoms with Crippen LogP contribution in [0.3, 0.4) is 0 Å². The predicted octanol–water partition coefficient (Wildman–Crippen LogP) is 3.32. The van der Waals surface area contributed by atoms with E-state index in [9.17, 15) is 13.2 Å². The van der Waals surface area contributed by atoms with Gasteiger partial charge >= 0.3 is 6.18 Å². The van der Waals surface area contributed by atoms with Crippen molar-refractivity contribution in [2.45, 2.75) is 12.6 Å². The molecule has 0 radical (unpaired) electrons. The molecule has 0 amide bonds. The first-order chi connectivity index (χ1) is 9.38. The van der Waals surface area contributed by atoms with Crippen molar-refractivity contribution in [3.8, 4) is 5.69 Å². The first-order valence-corrected chi connectivity index (χ1v) is 6.30. The predicted molar refractivity (Wildman–Crippen MR) is 72.7 cm³/mol. The summed E-state index contributed by atoms with van der Waals surface area (Å²) >= 11 is 5.13. The molecule has 0 aliphatic rings. The van der Waals surface area contributed by atoms with Crippen molar-refractivity contribution in [2.24, 2.45) is 0 Å². The highest BCUT2D eigenvalue weighted by Crippen LogP contribution is 2.22. The Morgan fingerprint density at radius 2 is 1.95 bits per heavy atom. The van der Waals surface area contributed by atoms with Gasteiger partial charge in [0.15, 0.2) is 0 Å². The van der Waals surface area contributed by atoms with Crippen molar-refractivity contribution in [1.29, 1.82) is 0 Å². The van der Waals surface area contributed by atoms with E-state index in [1.807, 2.05) is 30.3 Å². The van der Waals surface area contributed by atoms with Gasteiger partial charge in [-0.3, -0.25) is 4.57 Å². The molecular weight excluding hydrogens is 289 g/mol. The molecule has 0 atom stereocenters. The molecule has 0 fully saturated rings. The molecule has 0 aliphatic carbocycles. The number of alkyl halides is 3. The second-order valence-corrected chi connectivity index (χ2v) is 4.67. The molecule has 0 bridgehead atoms. The Hall–Kier alpha value is -1.83. The number of hydrogen-bond acceptors (Lipinski definition) is 3. The van der Waals surface area contributed by atoms with Gasteiger partial charge in [-0.1, -0.05) is 18.2 Å². The average Bonchev–Trinajstić information content (AvgIpc) is 2.78. The summed E-state index contributed by atoms with van der Waals surface area (Å²) in [6, 6.07) is 9.12. The molecule has 20 heavy (non-hydrogen) atoms. The first kappa shape index (κ1) is 14.6. The number of nitrogens with one attached hydrogen (secondary N) is 1. The average molecular weight is 302 g/mol. The number of benzene rings is 1. The molecule has 1 N–H and O–H groups in total. The lowest BCUT2D eigenvalue weighted by Gasteiger charge is -2.19. The third kappa shape index (κ3) is 3.38. The smallest absolute Gasteiger partial charge is 0.343 e. The number of hydrogen-bond donors (Lipinski definition) is 1. The van der Waals surface area contributed by atoms with Gasteiger partial charge in [0.2, 0.25) is 10.7 Å². The third-order valence-electron chi connectivity index (χ3n) is 2.74. The van der Waals surface area contributed by atoms with Crippen LogP contribution < -0.4 is 4.90 Å². The Morgan fingerprint density at radius 1 is 1.30 bits per heavy atom. The van der Waals surface area contributed by atoms with Gasteiger partial charge in [-0.25, -0.2) is 5.10 Å². The van der Waals surface area contributed by atoms with Crippen molar-refractivity contribution in [2.75, 3.05) is 18.5 Å². The number of aromatic nitrogens is 3. The molecular formula is C12H13F3N4S. The summed E-state index contributed by atoms with van der Waals surface area (Å²) in [7, 11) is 1.55. The number of anilines is 1. The van der Waals surface area contributed by atoms with Crippen LogP contribution in [0.1, 0.15) is 6.42 Å². The van der Waals surface area contributed by atoms with Gasteiger partial charge < -0.3 is 4.90 Å². The second kappa shape index (κ2) is 5.66. The van der Waals surface area contributed by atoms with Gasteiger partial charge in [0, 0.05) is 13.6 Å². The van der Waals surface area contributed by atoms with Crippen LogP contribution in [0.25, 0.3) is 5.69 Å². The number of aromatic amines is 1. The Labute approximate surface area is 118 Å². The van der Waals surface area contributed by atoms with Crippen molar-refractivity contribution in [3.05, 3.63) is 35.1 Å². The molecule has 1 heterocycles. The monoisotopic (exact) mass is 302 g/mol. The molecule has 0 spiro atoms. The van der Waals surface area contributed by atoms with Gasteiger partial charge in [-0.15, -0.1) is 5.10 Å². The highest BCUT2D eigenvalue weighted by atomic mass is 32.1. The van der Waals surface area contributed by atoms with Crippen LogP contribution >= 0.6 is 12.2 Å². The van der Waals surface area contributed by atoms with E-state index in [2.05, 4.69) is 10.2 Å². The van der Waals surface area contributed by atoms with Crippen LogP contribution in [-0.2, 0) is 0 Å². The number of rotatable bonds is 4. The minimum Gasteiger partial charge on any atom is -0.343 e. The Morgan fingerprint density at radius 3 is 2.55 bits per heavy atom. The topological polar surface area (TPSA) is 36.9 Å². The van der Waals surface area contributed by atoms with E-state index in [1.54, 1.807) is 11.6 Å². The highest BCUT2D eigenvalue weighted by Gasteiger charge is 2.28. The van der Waals surface area contributed by atoms with Gasteiger partial charge in [0.25, 0.3) is 0 Å². The zero-order valence-corrected chi connectivity index (χ0v) is 11.5. The normalized spacial score (nSPS) is 11.6. The molecule has 0 unspecified atom stereocenters. The zero-order valence-electron chi connectivity index (χ0n) is 10.7. The third-order valence-corrected chi connectivity index (χ3v) is 3.01. The summed E-state index contributed by atoms with van der Waals surface area (Å²) in [5.41, 5.74) is 0.750. The van der Waals surface area contributed by atoms with Crippen LogP contribution in [0.2, 0.25) is 0 Å². The van der Waals surface area contributed by atoms with Gasteiger partial charge in [0.1, 0.15) is 0 Å². The fraction of sp³-hybridized carbons (Fsp3) is 0.333. The van der Waals surface area contributed by atoms with Crippen LogP contribution in [0.15, 0.2) is 30.3 Å². The van der Waals surface area contributed by atoms with Crippen molar-refractivity contribution in [3.63, 3.8) is 0 Å². The molecule has 2 rings (SSSR count). The molecule has 0 aliphatic heterocycles. The lowest BCUT2D eigenvalue weighted by molar-refractivity contribution is -0.132. The van der Waals surface area contributed by atoms with Gasteiger partial charge in [0.05, 0.1) is 12.1 Å². The maximum atomic E-state index is 12.3. The van der Waals surface area contributed by atoms with E-state index < -0.39 is 12.6 Å². The lowest BCUT2D eigenvalue weighted by atomic mass is 10.3. The summed E-state index contributed by atoms with van der Waals surface area (Å²) in [5.74, 6) is 0.352. The maximum absolute atomic E-state index is 12.3. The highest BCUT2D eigenvalue weighted by molar-refractivity contribution is 7.71. The molecule has 108 valence electrons. The lowest BCUT2D eigenvalue weighted by Crippen LogP contribution is -2.26. The van der Waals surface area contributed by atoms with E-state index in [-0.39, 0.29) is 6.54 Å². The van der Waals surface area contributed by atoms with E-state index in [0.29, 0.717) is 10.7 Å². The van der Waals surface area contributed by atoms with Crippen molar-refractivity contribution < 1.29 is 13.2 Å². The Bertz CT molecular complexity index is 618. The van der Waals surface area contributed by atoms with Crippen LogP contribution in [-0.4, -0.2) is 34.5 Å². The number of para-hydroxylation sites is 1. The molecule has 0 saturated carbocycles. The maximum Gasteiger partial charge on any atom is 0.390 e. The number of H-pyrrole nitrogens is 1. The number of halogens is 3. The largest absolute Gasteiger partial charge is 0.390 e. The number of nitrogens with zero attached hydrogens (tertiary/aromatic N) is 3.